The molecule has 0 aliphatic heterocycles. The molecule has 1 atom stereocenters. The fraction of sp³-hybridized carbons (Fsp3) is 0.290. The van der Waals surface area contributed by atoms with Crippen molar-refractivity contribution in [2.45, 2.75) is 48.3 Å². The summed E-state index contributed by atoms with van der Waals surface area (Å²) in [5.74, 6) is 2.32. The van der Waals surface area contributed by atoms with Gasteiger partial charge < -0.3 is 15.2 Å². The maximum Gasteiger partial charge on any atom is 0.320 e. The number of ether oxygens (including phenoxy) is 1. The van der Waals surface area contributed by atoms with Crippen LogP contribution in [0.4, 0.5) is 10.6 Å². The molecule has 1 unspecified atom stereocenters. The van der Waals surface area contributed by atoms with Gasteiger partial charge in [0.1, 0.15) is 24.0 Å². The summed E-state index contributed by atoms with van der Waals surface area (Å²) in [6.07, 6.45) is 4.08. The van der Waals surface area contributed by atoms with Crippen molar-refractivity contribution in [2.75, 3.05) is 24.8 Å². The number of hydrogen-bond acceptors (Lipinski definition) is 8. The van der Waals surface area contributed by atoms with Gasteiger partial charge in [0.25, 0.3) is 0 Å². The van der Waals surface area contributed by atoms with E-state index in [1.54, 1.807) is 28.2 Å². The Morgan fingerprint density at radius 2 is 1.88 bits per heavy atom. The third-order valence-electron chi connectivity index (χ3n) is 6.72. The van der Waals surface area contributed by atoms with E-state index in [2.05, 4.69) is 53.9 Å². The number of carbonyl (C=O) groups is 1. The van der Waals surface area contributed by atoms with Crippen LogP contribution < -0.4 is 15.4 Å². The lowest BCUT2D eigenvalue weighted by atomic mass is 10.2. The zero-order valence-corrected chi connectivity index (χ0v) is 26.2. The van der Waals surface area contributed by atoms with Crippen molar-refractivity contribution in [3.05, 3.63) is 90.0 Å². The molecule has 0 aliphatic rings. The Balaban J connectivity index is 1.31. The Morgan fingerprint density at radius 3 is 2.67 bits per heavy atom. The zero-order valence-electron chi connectivity index (χ0n) is 24.5. The molecular formula is C31H35N7O3S2. The van der Waals surface area contributed by atoms with Gasteiger partial charge in [-0.2, -0.15) is 16.9 Å². The van der Waals surface area contributed by atoms with Gasteiger partial charge in [-0.25, -0.2) is 9.48 Å². The monoisotopic (exact) mass is 617 g/mol. The van der Waals surface area contributed by atoms with Crippen LogP contribution in [0, 0.1) is 0 Å². The molecule has 5 rings (SSSR count). The second kappa shape index (κ2) is 14.0. The van der Waals surface area contributed by atoms with Crippen LogP contribution in [0.25, 0.3) is 11.3 Å². The van der Waals surface area contributed by atoms with Crippen LogP contribution in [0.1, 0.15) is 49.0 Å². The van der Waals surface area contributed by atoms with Crippen LogP contribution in [-0.2, 0) is 6.54 Å². The highest BCUT2D eigenvalue weighted by Gasteiger charge is 2.17. The molecule has 0 radical (unpaired) electrons. The molecule has 0 saturated carbocycles. The van der Waals surface area contributed by atoms with Gasteiger partial charge in [0, 0.05) is 45.8 Å². The first kappa shape index (κ1) is 30.5. The highest BCUT2D eigenvalue weighted by atomic mass is 32.2. The molecule has 0 aliphatic carbocycles. The lowest BCUT2D eigenvalue weighted by molar-refractivity contribution is 0.201. The molecule has 2 amide bonds. The predicted molar refractivity (Wildman–Crippen MR) is 172 cm³/mol. The molecular weight excluding hydrogens is 583 g/mol. The summed E-state index contributed by atoms with van der Waals surface area (Å²) in [4.78, 5) is 15.3. The standard InChI is InChI=1S/C31H35N7O3S2/c1-20(2)30-35-34-28-13-12-25(19-37(28)30)43-27-11-6-5-8-22(27)18-32-31(40)33-29-17-26(21(3)42-4)36-38(29)23-9-7-10-24(16-23)41-15-14-39/h5-13,16-17,19-21,39H,14-15,18H2,1-4H3,(H2,32,33,40). The highest BCUT2D eigenvalue weighted by molar-refractivity contribution is 7.99. The number of urea groups is 1. The number of nitrogens with one attached hydrogen (secondary N) is 2. The van der Waals surface area contributed by atoms with E-state index in [-0.39, 0.29) is 30.4 Å². The van der Waals surface area contributed by atoms with Crippen LogP contribution in [0.3, 0.4) is 0 Å². The molecule has 2 aromatic carbocycles. The van der Waals surface area contributed by atoms with Crippen LogP contribution in [0.5, 0.6) is 5.75 Å². The quantitative estimate of drug-likeness (QED) is 0.149. The van der Waals surface area contributed by atoms with Gasteiger partial charge in [0.15, 0.2) is 5.65 Å². The summed E-state index contributed by atoms with van der Waals surface area (Å²) in [5.41, 5.74) is 3.39. The number of thioether (sulfide) groups is 1. The van der Waals surface area contributed by atoms with E-state index in [1.807, 2.05) is 71.3 Å². The number of pyridine rings is 1. The molecule has 3 heterocycles. The van der Waals surface area contributed by atoms with Gasteiger partial charge >= 0.3 is 6.03 Å². The SMILES string of the molecule is CSC(C)c1cc(NC(=O)NCc2ccccc2Sc2ccc3nnc(C(C)C)n3c2)n(-c2cccc(OCCO)c2)n1. The number of aromatic nitrogens is 5. The number of nitrogens with zero attached hydrogens (tertiary/aromatic N) is 5. The molecule has 224 valence electrons. The average Bonchev–Trinajstić information content (AvgIpc) is 3.64. The summed E-state index contributed by atoms with van der Waals surface area (Å²) < 4.78 is 9.31. The second-order valence-electron chi connectivity index (χ2n) is 10.1. The van der Waals surface area contributed by atoms with E-state index in [1.165, 1.54) is 0 Å². The Kier molecular flexibility index (Phi) is 9.90. The molecule has 5 aromatic rings. The third kappa shape index (κ3) is 7.32. The molecule has 43 heavy (non-hydrogen) atoms. The van der Waals surface area contributed by atoms with Crippen LogP contribution in [0.2, 0.25) is 0 Å². The van der Waals surface area contributed by atoms with Gasteiger partial charge in [-0.1, -0.05) is 49.9 Å². The molecule has 10 nitrogen and oxygen atoms in total. The molecule has 0 bridgehead atoms. The number of aliphatic hydroxyl groups excluding tert-OH is 1. The summed E-state index contributed by atoms with van der Waals surface area (Å²) in [6, 6.07) is 21.0. The van der Waals surface area contributed by atoms with Gasteiger partial charge in [-0.15, -0.1) is 10.2 Å². The predicted octanol–water partition coefficient (Wildman–Crippen LogP) is 6.31. The lowest BCUT2D eigenvalue weighted by Gasteiger charge is -2.13. The van der Waals surface area contributed by atoms with E-state index in [9.17, 15) is 4.79 Å². The number of amides is 2. The fourth-order valence-corrected chi connectivity index (χ4v) is 5.75. The summed E-state index contributed by atoms with van der Waals surface area (Å²) in [5, 5.41) is 28.6. The first-order chi connectivity index (χ1) is 20.9. The first-order valence-electron chi connectivity index (χ1n) is 14.0. The van der Waals surface area contributed by atoms with Crippen molar-refractivity contribution in [2.24, 2.45) is 0 Å². The molecule has 12 heteroatoms. The second-order valence-corrected chi connectivity index (χ2v) is 12.4. The summed E-state index contributed by atoms with van der Waals surface area (Å²) in [6.45, 7) is 6.73. The Morgan fingerprint density at radius 1 is 1.05 bits per heavy atom. The third-order valence-corrected chi connectivity index (χ3v) is 8.76. The van der Waals surface area contributed by atoms with Crippen molar-refractivity contribution >= 4 is 41.0 Å². The maximum absolute atomic E-state index is 13.2. The van der Waals surface area contributed by atoms with Gasteiger partial charge in [-0.05, 0) is 49.1 Å². The van der Waals surface area contributed by atoms with Crippen molar-refractivity contribution in [1.82, 2.24) is 29.7 Å². The van der Waals surface area contributed by atoms with E-state index >= 15 is 0 Å². The lowest BCUT2D eigenvalue weighted by Crippen LogP contribution is -2.29. The van der Waals surface area contributed by atoms with E-state index < -0.39 is 0 Å². The van der Waals surface area contributed by atoms with Crippen molar-refractivity contribution < 1.29 is 14.6 Å². The molecule has 0 saturated heterocycles. The van der Waals surface area contributed by atoms with Crippen molar-refractivity contribution in [3.8, 4) is 11.4 Å². The van der Waals surface area contributed by atoms with Gasteiger partial charge in [0.05, 0.1) is 18.0 Å². The molecule has 0 spiro atoms. The van der Waals surface area contributed by atoms with Crippen LogP contribution in [-0.4, -0.2) is 55.0 Å². The number of benzene rings is 2. The fourth-order valence-electron chi connectivity index (χ4n) is 4.43. The minimum atomic E-state index is -0.343. The van der Waals surface area contributed by atoms with Gasteiger partial charge in [0.2, 0.25) is 0 Å². The van der Waals surface area contributed by atoms with Gasteiger partial charge in [-0.3, -0.25) is 9.72 Å². The number of anilines is 1. The normalized spacial score (nSPS) is 12.0. The number of carbonyl (C=O) groups excluding carboxylic acids is 1. The molecule has 0 fully saturated rings. The topological polar surface area (TPSA) is 119 Å². The minimum Gasteiger partial charge on any atom is -0.491 e. The summed E-state index contributed by atoms with van der Waals surface area (Å²) >= 11 is 3.31. The zero-order chi connectivity index (χ0) is 30.3. The van der Waals surface area contributed by atoms with E-state index in [0.29, 0.717) is 18.1 Å². The molecule has 3 aromatic heterocycles. The Labute approximate surface area is 259 Å². The maximum atomic E-state index is 13.2. The highest BCUT2D eigenvalue weighted by Crippen LogP contribution is 2.32. The first-order valence-corrected chi connectivity index (χ1v) is 16.1. The van der Waals surface area contributed by atoms with Crippen LogP contribution >= 0.6 is 23.5 Å². The Bertz CT molecular complexity index is 1700. The van der Waals surface area contributed by atoms with Crippen LogP contribution in [0.15, 0.2) is 82.7 Å². The largest absolute Gasteiger partial charge is 0.491 e. The summed E-state index contributed by atoms with van der Waals surface area (Å²) in [7, 11) is 0. The van der Waals surface area contributed by atoms with E-state index in [0.717, 1.165) is 38.2 Å². The smallest absolute Gasteiger partial charge is 0.320 e. The molecule has 3 N–H and O–H groups in total. The van der Waals surface area contributed by atoms with Crippen molar-refractivity contribution in [1.29, 1.82) is 0 Å². The minimum absolute atomic E-state index is 0.0770. The number of fused-ring (bicyclic) bond motifs is 1. The van der Waals surface area contributed by atoms with E-state index in [4.69, 9.17) is 14.9 Å². The number of aliphatic hydroxyl groups is 1. The Hall–Kier alpha value is -4.00. The number of rotatable bonds is 12. The van der Waals surface area contributed by atoms with Crippen molar-refractivity contribution in [3.63, 3.8) is 0 Å². The number of hydrogen-bond donors (Lipinski definition) is 3. The average molecular weight is 618 g/mol.